The molecule has 0 aliphatic carbocycles. The second-order valence-corrected chi connectivity index (χ2v) is 9.35. The lowest BCUT2D eigenvalue weighted by atomic mass is 10.00. The first-order chi connectivity index (χ1) is 15.9. The molecule has 0 unspecified atom stereocenters. The van der Waals surface area contributed by atoms with Gasteiger partial charge in [0.25, 0.3) is 5.91 Å². The number of aryl methyl sites for hydroxylation is 3. The lowest BCUT2D eigenvalue weighted by molar-refractivity contribution is 0.102. The van der Waals surface area contributed by atoms with Crippen LogP contribution in [0.25, 0.3) is 0 Å². The fourth-order valence-corrected chi connectivity index (χ4v) is 4.89. The van der Waals surface area contributed by atoms with E-state index in [1.54, 1.807) is 23.5 Å². The summed E-state index contributed by atoms with van der Waals surface area (Å²) in [5.74, 6) is 0.385. The number of hydrogen-bond donors (Lipinski definition) is 2. The first-order valence-electron chi connectivity index (χ1n) is 10.8. The van der Waals surface area contributed by atoms with Crippen molar-refractivity contribution in [3.8, 4) is 0 Å². The van der Waals surface area contributed by atoms with Gasteiger partial charge in [-0.3, -0.25) is 4.79 Å². The van der Waals surface area contributed by atoms with Crippen molar-refractivity contribution in [2.24, 2.45) is 0 Å². The number of hydrogen-bond acceptors (Lipinski definition) is 5. The molecule has 0 aliphatic rings. The molecule has 2 heterocycles. The van der Waals surface area contributed by atoms with E-state index in [1.165, 1.54) is 4.88 Å². The van der Waals surface area contributed by atoms with Gasteiger partial charge in [-0.2, -0.15) is 0 Å². The highest BCUT2D eigenvalue weighted by Gasteiger charge is 2.23. The number of rotatable bonds is 7. The molecule has 1 amide bonds. The summed E-state index contributed by atoms with van der Waals surface area (Å²) in [6.07, 6.45) is 0.862. The SMILES string of the molecule is CCc1cc([C@@H](Nc2nc(C)cc(C)n2)c2cccc(Cl)c2)c(NC(=O)c2ccccc2)s1. The Kier molecular flexibility index (Phi) is 7.06. The molecule has 0 saturated carbocycles. The molecule has 2 aromatic carbocycles. The van der Waals surface area contributed by atoms with Crippen LogP contribution in [0.15, 0.2) is 66.7 Å². The molecule has 168 valence electrons. The third-order valence-electron chi connectivity index (χ3n) is 5.17. The van der Waals surface area contributed by atoms with E-state index < -0.39 is 0 Å². The van der Waals surface area contributed by atoms with E-state index >= 15 is 0 Å². The number of thiophene rings is 1. The standard InChI is InChI=1S/C26H25ClN4OS/c1-4-21-15-22(25(33-21)31-24(32)18-9-6-5-7-10-18)23(19-11-8-12-20(27)14-19)30-26-28-16(2)13-17(3)29-26/h5-15,23H,4H2,1-3H3,(H,31,32)(H,28,29,30)/t23-/m0/s1. The number of nitrogens with zero attached hydrogens (tertiary/aromatic N) is 2. The van der Waals surface area contributed by atoms with Crippen LogP contribution in [0.1, 0.15) is 50.7 Å². The average Bonchev–Trinajstić information content (AvgIpc) is 3.20. The molecule has 0 aliphatic heterocycles. The molecule has 0 fully saturated rings. The molecule has 33 heavy (non-hydrogen) atoms. The molecule has 2 aromatic heterocycles. The van der Waals surface area contributed by atoms with E-state index in [0.29, 0.717) is 16.5 Å². The second kappa shape index (κ2) is 10.1. The molecule has 0 bridgehead atoms. The minimum Gasteiger partial charge on any atom is -0.343 e. The zero-order valence-corrected chi connectivity index (χ0v) is 20.3. The zero-order chi connectivity index (χ0) is 23.4. The maximum Gasteiger partial charge on any atom is 0.256 e. The van der Waals surface area contributed by atoms with Crippen LogP contribution in [0.2, 0.25) is 5.02 Å². The van der Waals surface area contributed by atoms with Crippen molar-refractivity contribution >= 4 is 39.8 Å². The Balaban J connectivity index is 1.77. The van der Waals surface area contributed by atoms with Crippen molar-refractivity contribution in [1.29, 1.82) is 0 Å². The van der Waals surface area contributed by atoms with E-state index in [-0.39, 0.29) is 11.9 Å². The molecule has 7 heteroatoms. The number of aromatic nitrogens is 2. The third-order valence-corrected chi connectivity index (χ3v) is 6.62. The van der Waals surface area contributed by atoms with E-state index in [0.717, 1.165) is 33.9 Å². The summed E-state index contributed by atoms with van der Waals surface area (Å²) in [7, 11) is 0. The number of anilines is 2. The van der Waals surface area contributed by atoms with Crippen LogP contribution >= 0.6 is 22.9 Å². The highest BCUT2D eigenvalue weighted by molar-refractivity contribution is 7.16. The number of amides is 1. The molecule has 1 atom stereocenters. The van der Waals surface area contributed by atoms with E-state index in [2.05, 4.69) is 33.6 Å². The first kappa shape index (κ1) is 23.0. The van der Waals surface area contributed by atoms with Crippen LogP contribution < -0.4 is 10.6 Å². The topological polar surface area (TPSA) is 66.9 Å². The summed E-state index contributed by atoms with van der Waals surface area (Å²) in [4.78, 5) is 23.3. The van der Waals surface area contributed by atoms with Crippen LogP contribution in [-0.4, -0.2) is 15.9 Å². The number of benzene rings is 2. The Morgan fingerprint density at radius 3 is 2.39 bits per heavy atom. The lowest BCUT2D eigenvalue weighted by Crippen LogP contribution is -2.18. The summed E-state index contributed by atoms with van der Waals surface area (Å²) in [5, 5.41) is 8.04. The third kappa shape index (κ3) is 5.59. The monoisotopic (exact) mass is 476 g/mol. The van der Waals surface area contributed by atoms with Crippen LogP contribution in [0.4, 0.5) is 10.9 Å². The van der Waals surface area contributed by atoms with Gasteiger partial charge in [-0.1, -0.05) is 48.9 Å². The number of carbonyl (C=O) groups excluding carboxylic acids is 1. The number of halogens is 1. The van der Waals surface area contributed by atoms with Crippen molar-refractivity contribution in [3.63, 3.8) is 0 Å². The molecule has 0 spiro atoms. The maximum atomic E-state index is 13.0. The summed E-state index contributed by atoms with van der Waals surface area (Å²) in [6, 6.07) is 20.7. The van der Waals surface area contributed by atoms with Crippen molar-refractivity contribution in [2.45, 2.75) is 33.2 Å². The molecule has 2 N–H and O–H groups in total. The van der Waals surface area contributed by atoms with E-state index in [9.17, 15) is 4.79 Å². The van der Waals surface area contributed by atoms with Crippen LogP contribution in [-0.2, 0) is 6.42 Å². The Morgan fingerprint density at radius 2 is 1.73 bits per heavy atom. The highest BCUT2D eigenvalue weighted by Crippen LogP contribution is 2.38. The predicted octanol–water partition coefficient (Wildman–Crippen LogP) is 6.82. The van der Waals surface area contributed by atoms with Crippen molar-refractivity contribution in [3.05, 3.63) is 105 Å². The predicted molar refractivity (Wildman–Crippen MR) is 137 cm³/mol. The van der Waals surface area contributed by atoms with Crippen LogP contribution in [0, 0.1) is 13.8 Å². The van der Waals surface area contributed by atoms with Gasteiger partial charge in [0.15, 0.2) is 0 Å². The minimum absolute atomic E-state index is 0.145. The van der Waals surface area contributed by atoms with Crippen molar-refractivity contribution in [2.75, 3.05) is 10.6 Å². The van der Waals surface area contributed by atoms with Crippen LogP contribution in [0.3, 0.4) is 0 Å². The van der Waals surface area contributed by atoms with Gasteiger partial charge in [-0.25, -0.2) is 9.97 Å². The minimum atomic E-state index is -0.299. The maximum absolute atomic E-state index is 13.0. The molecular weight excluding hydrogens is 452 g/mol. The molecule has 0 radical (unpaired) electrons. The molecule has 4 aromatic rings. The number of nitrogens with one attached hydrogen (secondary N) is 2. The summed E-state index contributed by atoms with van der Waals surface area (Å²) >= 11 is 7.92. The average molecular weight is 477 g/mol. The Labute approximate surface area is 202 Å². The molecule has 0 saturated heterocycles. The van der Waals surface area contributed by atoms with Gasteiger partial charge >= 0.3 is 0 Å². The quantitative estimate of drug-likeness (QED) is 0.307. The van der Waals surface area contributed by atoms with Gasteiger partial charge in [0.1, 0.15) is 5.00 Å². The zero-order valence-electron chi connectivity index (χ0n) is 18.7. The number of carbonyl (C=O) groups is 1. The van der Waals surface area contributed by atoms with Gasteiger partial charge in [0.2, 0.25) is 5.95 Å². The summed E-state index contributed by atoms with van der Waals surface area (Å²) in [5.41, 5.74) is 4.28. The van der Waals surface area contributed by atoms with Gasteiger partial charge in [0.05, 0.1) is 6.04 Å². The second-order valence-electron chi connectivity index (χ2n) is 7.78. The molecule has 4 rings (SSSR count). The van der Waals surface area contributed by atoms with E-state index in [1.807, 2.05) is 62.4 Å². The van der Waals surface area contributed by atoms with Gasteiger partial charge in [-0.15, -0.1) is 11.3 Å². The normalized spacial score (nSPS) is 11.8. The van der Waals surface area contributed by atoms with Gasteiger partial charge < -0.3 is 10.6 Å². The van der Waals surface area contributed by atoms with Crippen molar-refractivity contribution in [1.82, 2.24) is 9.97 Å². The fourth-order valence-electron chi connectivity index (χ4n) is 3.66. The van der Waals surface area contributed by atoms with Gasteiger partial charge in [0, 0.05) is 32.4 Å². The Hall–Kier alpha value is -3.22. The fraction of sp³-hybridized carbons (Fsp3) is 0.192. The first-order valence-corrected chi connectivity index (χ1v) is 12.0. The Bertz CT molecular complexity index is 1250. The lowest BCUT2D eigenvalue weighted by Gasteiger charge is -2.21. The van der Waals surface area contributed by atoms with Crippen LogP contribution in [0.5, 0.6) is 0 Å². The smallest absolute Gasteiger partial charge is 0.256 e. The van der Waals surface area contributed by atoms with Crippen molar-refractivity contribution < 1.29 is 4.79 Å². The largest absolute Gasteiger partial charge is 0.343 e. The molecular formula is C26H25ClN4OS. The van der Waals surface area contributed by atoms with Gasteiger partial charge in [-0.05, 0) is 62.2 Å². The summed E-state index contributed by atoms with van der Waals surface area (Å²) < 4.78 is 0. The van der Waals surface area contributed by atoms with E-state index in [4.69, 9.17) is 11.6 Å². The Morgan fingerprint density at radius 1 is 1.00 bits per heavy atom. The summed E-state index contributed by atoms with van der Waals surface area (Å²) in [6.45, 7) is 5.99. The molecule has 5 nitrogen and oxygen atoms in total. The highest BCUT2D eigenvalue weighted by atomic mass is 35.5.